The standard InChI is InChI=1S/C14H20ClNS/c1-16-12(8-9-6-7-13(15)17-9)14-10-4-2-3-5-11(10)14/h6-7,10-12,14,16H,2-5,8H2,1H3. The predicted octanol–water partition coefficient (Wildman–Crippen LogP) is 3.97. The fourth-order valence-electron chi connectivity index (χ4n) is 3.75. The van der Waals surface area contributed by atoms with Crippen molar-refractivity contribution in [3.05, 3.63) is 21.3 Å². The summed E-state index contributed by atoms with van der Waals surface area (Å²) >= 11 is 7.74. The largest absolute Gasteiger partial charge is 0.316 e. The third-order valence-corrected chi connectivity index (χ3v) is 5.86. The minimum atomic E-state index is 0.665. The maximum Gasteiger partial charge on any atom is 0.0931 e. The molecule has 3 unspecified atom stereocenters. The van der Waals surface area contributed by atoms with E-state index < -0.39 is 0 Å². The predicted molar refractivity (Wildman–Crippen MR) is 74.8 cm³/mol. The molecule has 0 saturated heterocycles. The lowest BCUT2D eigenvalue weighted by Gasteiger charge is -2.15. The first-order valence-corrected chi connectivity index (χ1v) is 7.90. The number of fused-ring (bicyclic) bond motifs is 1. The monoisotopic (exact) mass is 269 g/mol. The summed E-state index contributed by atoms with van der Waals surface area (Å²) in [5, 5.41) is 3.54. The Bertz CT molecular complexity index is 377. The Hall–Kier alpha value is -0.0500. The number of rotatable bonds is 4. The molecular formula is C14H20ClNS. The van der Waals surface area contributed by atoms with Gasteiger partial charge in [-0.15, -0.1) is 11.3 Å². The average molecular weight is 270 g/mol. The van der Waals surface area contributed by atoms with Crippen molar-refractivity contribution >= 4 is 22.9 Å². The topological polar surface area (TPSA) is 12.0 Å². The zero-order valence-electron chi connectivity index (χ0n) is 10.3. The first-order valence-electron chi connectivity index (χ1n) is 6.71. The van der Waals surface area contributed by atoms with E-state index in [0.717, 1.165) is 28.5 Å². The Morgan fingerprint density at radius 2 is 2.06 bits per heavy atom. The lowest BCUT2D eigenvalue weighted by Crippen LogP contribution is -2.30. The summed E-state index contributed by atoms with van der Waals surface area (Å²) in [5.41, 5.74) is 0. The SMILES string of the molecule is CNC(Cc1ccc(Cl)s1)C1C2CCCCC21. The second-order valence-electron chi connectivity index (χ2n) is 5.49. The van der Waals surface area contributed by atoms with Gasteiger partial charge in [0.15, 0.2) is 0 Å². The molecule has 1 heterocycles. The minimum Gasteiger partial charge on any atom is -0.316 e. The van der Waals surface area contributed by atoms with Crippen LogP contribution in [0.1, 0.15) is 30.6 Å². The van der Waals surface area contributed by atoms with E-state index in [9.17, 15) is 0 Å². The van der Waals surface area contributed by atoms with Crippen molar-refractivity contribution in [2.24, 2.45) is 17.8 Å². The fourth-order valence-corrected chi connectivity index (χ4v) is 4.90. The maximum absolute atomic E-state index is 6.00. The van der Waals surface area contributed by atoms with Crippen molar-refractivity contribution in [3.8, 4) is 0 Å². The van der Waals surface area contributed by atoms with Gasteiger partial charge >= 0.3 is 0 Å². The number of likely N-dealkylation sites (N-methyl/N-ethyl adjacent to an activating group) is 1. The number of hydrogen-bond acceptors (Lipinski definition) is 2. The summed E-state index contributed by atoms with van der Waals surface area (Å²) in [6.45, 7) is 0. The molecule has 3 heteroatoms. The van der Waals surface area contributed by atoms with E-state index in [4.69, 9.17) is 11.6 Å². The first-order chi connectivity index (χ1) is 8.29. The number of hydrogen-bond donors (Lipinski definition) is 1. The molecule has 1 aromatic rings. The van der Waals surface area contributed by atoms with Crippen LogP contribution < -0.4 is 5.32 Å². The van der Waals surface area contributed by atoms with Crippen LogP contribution in [0.15, 0.2) is 12.1 Å². The molecule has 2 aliphatic rings. The van der Waals surface area contributed by atoms with E-state index in [1.54, 1.807) is 11.3 Å². The summed E-state index contributed by atoms with van der Waals surface area (Å²) in [7, 11) is 2.12. The Balaban J connectivity index is 1.64. The van der Waals surface area contributed by atoms with Crippen LogP contribution in [0.5, 0.6) is 0 Å². The van der Waals surface area contributed by atoms with Crippen molar-refractivity contribution < 1.29 is 0 Å². The molecule has 17 heavy (non-hydrogen) atoms. The van der Waals surface area contributed by atoms with E-state index >= 15 is 0 Å². The van der Waals surface area contributed by atoms with Crippen LogP contribution >= 0.6 is 22.9 Å². The molecule has 1 nitrogen and oxygen atoms in total. The first kappa shape index (κ1) is 12.0. The highest BCUT2D eigenvalue weighted by molar-refractivity contribution is 7.16. The Kier molecular flexibility index (Phi) is 3.47. The van der Waals surface area contributed by atoms with Crippen LogP contribution in [0, 0.1) is 17.8 Å². The molecule has 1 N–H and O–H groups in total. The third kappa shape index (κ3) is 2.40. The average Bonchev–Trinajstić information content (AvgIpc) is 2.93. The highest BCUT2D eigenvalue weighted by Crippen LogP contribution is 2.57. The van der Waals surface area contributed by atoms with Gasteiger partial charge in [-0.1, -0.05) is 24.4 Å². The van der Waals surface area contributed by atoms with E-state index in [0.29, 0.717) is 6.04 Å². The molecule has 2 saturated carbocycles. The van der Waals surface area contributed by atoms with Gasteiger partial charge in [-0.3, -0.25) is 0 Å². The van der Waals surface area contributed by atoms with Gasteiger partial charge in [-0.2, -0.15) is 0 Å². The highest BCUT2D eigenvalue weighted by atomic mass is 35.5. The summed E-state index contributed by atoms with van der Waals surface area (Å²) < 4.78 is 0.920. The molecule has 0 aliphatic heterocycles. The molecule has 1 aromatic heterocycles. The fraction of sp³-hybridized carbons (Fsp3) is 0.714. The van der Waals surface area contributed by atoms with Crippen molar-refractivity contribution in [3.63, 3.8) is 0 Å². The van der Waals surface area contributed by atoms with Gasteiger partial charge < -0.3 is 5.32 Å². The Morgan fingerprint density at radius 3 is 2.59 bits per heavy atom. The number of thiophene rings is 1. The summed E-state index contributed by atoms with van der Waals surface area (Å²) in [4.78, 5) is 1.43. The minimum absolute atomic E-state index is 0.665. The van der Waals surface area contributed by atoms with Crippen LogP contribution in [0.2, 0.25) is 4.34 Å². The number of halogens is 1. The smallest absolute Gasteiger partial charge is 0.0931 e. The van der Waals surface area contributed by atoms with Crippen molar-refractivity contribution in [2.45, 2.75) is 38.1 Å². The molecule has 0 aromatic carbocycles. The van der Waals surface area contributed by atoms with Crippen LogP contribution in [0.25, 0.3) is 0 Å². The normalized spacial score (nSPS) is 33.2. The van der Waals surface area contributed by atoms with Crippen molar-refractivity contribution in [1.82, 2.24) is 5.32 Å². The quantitative estimate of drug-likeness (QED) is 0.872. The van der Waals surface area contributed by atoms with Crippen LogP contribution in [0.4, 0.5) is 0 Å². The van der Waals surface area contributed by atoms with Crippen LogP contribution in [-0.4, -0.2) is 13.1 Å². The molecule has 3 rings (SSSR count). The zero-order chi connectivity index (χ0) is 11.8. The van der Waals surface area contributed by atoms with Gasteiger partial charge in [0.2, 0.25) is 0 Å². The molecule has 2 fully saturated rings. The van der Waals surface area contributed by atoms with E-state index in [1.807, 2.05) is 6.07 Å². The lowest BCUT2D eigenvalue weighted by atomic mass is 10.0. The molecule has 0 spiro atoms. The van der Waals surface area contributed by atoms with Crippen molar-refractivity contribution in [2.75, 3.05) is 7.05 Å². The highest BCUT2D eigenvalue weighted by Gasteiger charge is 2.53. The molecule has 0 amide bonds. The van der Waals surface area contributed by atoms with E-state index in [2.05, 4.69) is 18.4 Å². The summed E-state index contributed by atoms with van der Waals surface area (Å²) in [6, 6.07) is 4.87. The summed E-state index contributed by atoms with van der Waals surface area (Å²) in [5.74, 6) is 2.98. The molecule has 94 valence electrons. The van der Waals surface area contributed by atoms with E-state index in [-0.39, 0.29) is 0 Å². The summed E-state index contributed by atoms with van der Waals surface area (Å²) in [6.07, 6.45) is 7.01. The molecule has 2 aliphatic carbocycles. The number of nitrogens with one attached hydrogen (secondary N) is 1. The van der Waals surface area contributed by atoms with Gasteiger partial charge in [-0.25, -0.2) is 0 Å². The Labute approximate surface area is 113 Å². The van der Waals surface area contributed by atoms with E-state index in [1.165, 1.54) is 30.6 Å². The van der Waals surface area contributed by atoms with Gasteiger partial charge in [0.1, 0.15) is 0 Å². The van der Waals surface area contributed by atoms with Gasteiger partial charge in [-0.05, 0) is 56.2 Å². The molecule has 3 atom stereocenters. The third-order valence-electron chi connectivity index (χ3n) is 4.61. The van der Waals surface area contributed by atoms with Crippen LogP contribution in [0.3, 0.4) is 0 Å². The van der Waals surface area contributed by atoms with Gasteiger partial charge in [0, 0.05) is 10.9 Å². The van der Waals surface area contributed by atoms with Crippen molar-refractivity contribution in [1.29, 1.82) is 0 Å². The molecule has 0 bridgehead atoms. The molecular weight excluding hydrogens is 250 g/mol. The van der Waals surface area contributed by atoms with Crippen LogP contribution in [-0.2, 0) is 6.42 Å². The van der Waals surface area contributed by atoms with Gasteiger partial charge in [0.05, 0.1) is 4.34 Å². The Morgan fingerprint density at radius 1 is 1.35 bits per heavy atom. The second kappa shape index (κ2) is 4.91. The molecule has 0 radical (unpaired) electrons. The second-order valence-corrected chi connectivity index (χ2v) is 7.29. The maximum atomic E-state index is 6.00. The van der Waals surface area contributed by atoms with Gasteiger partial charge in [0.25, 0.3) is 0 Å². The lowest BCUT2D eigenvalue weighted by molar-refractivity contribution is 0.462. The zero-order valence-corrected chi connectivity index (χ0v) is 11.9.